The maximum atomic E-state index is 6.22. The van der Waals surface area contributed by atoms with Gasteiger partial charge in [-0.25, -0.2) is 0 Å². The minimum atomic E-state index is 0.328. The molecule has 1 aliphatic rings. The SMILES string of the molecule is Cc1ccccc1CNCC(Cl)C1CC1. The second-order valence-electron chi connectivity index (χ2n) is 4.41. The fraction of sp³-hybridized carbons (Fsp3) is 0.538. The summed E-state index contributed by atoms with van der Waals surface area (Å²) in [4.78, 5) is 0. The van der Waals surface area contributed by atoms with Crippen molar-refractivity contribution in [2.24, 2.45) is 5.92 Å². The Hall–Kier alpha value is -0.530. The van der Waals surface area contributed by atoms with Crippen LogP contribution in [-0.2, 0) is 6.54 Å². The summed E-state index contributed by atoms with van der Waals surface area (Å²) in [5.41, 5.74) is 2.72. The fourth-order valence-electron chi connectivity index (χ4n) is 1.78. The number of aryl methyl sites for hydroxylation is 1. The molecule has 15 heavy (non-hydrogen) atoms. The van der Waals surface area contributed by atoms with Crippen molar-refractivity contribution in [2.75, 3.05) is 6.54 Å². The molecule has 1 aliphatic carbocycles. The van der Waals surface area contributed by atoms with Crippen molar-refractivity contribution in [3.63, 3.8) is 0 Å². The largest absolute Gasteiger partial charge is 0.311 e. The van der Waals surface area contributed by atoms with Gasteiger partial charge in [-0.3, -0.25) is 0 Å². The van der Waals surface area contributed by atoms with Crippen LogP contribution in [-0.4, -0.2) is 11.9 Å². The molecule has 0 radical (unpaired) electrons. The molecular formula is C13H18ClN. The van der Waals surface area contributed by atoms with Crippen LogP contribution in [0.2, 0.25) is 0 Å². The summed E-state index contributed by atoms with van der Waals surface area (Å²) >= 11 is 6.22. The van der Waals surface area contributed by atoms with Crippen LogP contribution in [0, 0.1) is 12.8 Å². The van der Waals surface area contributed by atoms with Crippen molar-refractivity contribution in [3.8, 4) is 0 Å². The number of benzene rings is 1. The van der Waals surface area contributed by atoms with E-state index in [1.165, 1.54) is 24.0 Å². The van der Waals surface area contributed by atoms with Crippen molar-refractivity contribution >= 4 is 11.6 Å². The highest BCUT2D eigenvalue weighted by Crippen LogP contribution is 2.35. The highest BCUT2D eigenvalue weighted by Gasteiger charge is 2.29. The standard InChI is InChI=1S/C13H18ClN/c1-10-4-2-3-5-12(10)8-15-9-13(14)11-6-7-11/h2-5,11,13,15H,6-9H2,1H3. The van der Waals surface area contributed by atoms with Gasteiger partial charge in [-0.05, 0) is 36.8 Å². The molecule has 0 saturated heterocycles. The van der Waals surface area contributed by atoms with Gasteiger partial charge >= 0.3 is 0 Å². The third-order valence-electron chi connectivity index (χ3n) is 3.05. The van der Waals surface area contributed by atoms with Gasteiger partial charge < -0.3 is 5.32 Å². The van der Waals surface area contributed by atoms with E-state index in [-0.39, 0.29) is 0 Å². The first-order valence-corrected chi connectivity index (χ1v) is 6.10. The minimum absolute atomic E-state index is 0.328. The van der Waals surface area contributed by atoms with Gasteiger partial charge in [0.05, 0.1) is 0 Å². The van der Waals surface area contributed by atoms with Crippen molar-refractivity contribution in [1.82, 2.24) is 5.32 Å². The van der Waals surface area contributed by atoms with Crippen LogP contribution in [0.15, 0.2) is 24.3 Å². The Morgan fingerprint density at radius 2 is 2.13 bits per heavy atom. The van der Waals surface area contributed by atoms with E-state index in [1.807, 2.05) is 0 Å². The third kappa shape index (κ3) is 3.22. The van der Waals surface area contributed by atoms with E-state index in [0.717, 1.165) is 19.0 Å². The van der Waals surface area contributed by atoms with E-state index < -0.39 is 0 Å². The molecule has 2 rings (SSSR count). The molecular weight excluding hydrogens is 206 g/mol. The van der Waals surface area contributed by atoms with E-state index in [2.05, 4.69) is 36.5 Å². The molecule has 0 bridgehead atoms. The van der Waals surface area contributed by atoms with Gasteiger partial charge in [0.2, 0.25) is 0 Å². The molecule has 1 unspecified atom stereocenters. The predicted octanol–water partition coefficient (Wildman–Crippen LogP) is 3.10. The smallest absolute Gasteiger partial charge is 0.0488 e. The predicted molar refractivity (Wildman–Crippen MR) is 65.3 cm³/mol. The lowest BCUT2D eigenvalue weighted by Crippen LogP contribution is -2.24. The van der Waals surface area contributed by atoms with Crippen molar-refractivity contribution in [2.45, 2.75) is 31.7 Å². The van der Waals surface area contributed by atoms with Crippen LogP contribution >= 0.6 is 11.6 Å². The van der Waals surface area contributed by atoms with Crippen molar-refractivity contribution < 1.29 is 0 Å². The maximum Gasteiger partial charge on any atom is 0.0488 e. The van der Waals surface area contributed by atoms with E-state index >= 15 is 0 Å². The Balaban J connectivity index is 1.75. The molecule has 1 fully saturated rings. The Labute approximate surface area is 96.8 Å². The molecule has 1 aromatic rings. The van der Waals surface area contributed by atoms with Crippen molar-refractivity contribution in [1.29, 1.82) is 0 Å². The highest BCUT2D eigenvalue weighted by atomic mass is 35.5. The number of alkyl halides is 1. The van der Waals surface area contributed by atoms with Gasteiger partial charge in [0.15, 0.2) is 0 Å². The molecule has 82 valence electrons. The molecule has 1 saturated carbocycles. The van der Waals surface area contributed by atoms with Gasteiger partial charge in [0.25, 0.3) is 0 Å². The maximum absolute atomic E-state index is 6.22. The molecule has 0 aliphatic heterocycles. The van der Waals surface area contributed by atoms with Crippen LogP contribution in [0.3, 0.4) is 0 Å². The summed E-state index contributed by atoms with van der Waals surface area (Å²) in [6.07, 6.45) is 2.64. The molecule has 1 N–H and O–H groups in total. The number of hydrogen-bond donors (Lipinski definition) is 1. The summed E-state index contributed by atoms with van der Waals surface area (Å²) < 4.78 is 0. The van der Waals surface area contributed by atoms with E-state index in [4.69, 9.17) is 11.6 Å². The summed E-state index contributed by atoms with van der Waals surface area (Å²) in [5, 5.41) is 3.76. The second kappa shape index (κ2) is 5.00. The quantitative estimate of drug-likeness (QED) is 0.757. The molecule has 0 amide bonds. The van der Waals surface area contributed by atoms with Gasteiger partial charge in [0.1, 0.15) is 0 Å². The fourth-order valence-corrected chi connectivity index (χ4v) is 2.14. The average Bonchev–Trinajstić information content (AvgIpc) is 3.04. The first-order chi connectivity index (χ1) is 7.27. The normalized spacial score (nSPS) is 17.7. The van der Waals surface area contributed by atoms with Crippen LogP contribution in [0.5, 0.6) is 0 Å². The first-order valence-electron chi connectivity index (χ1n) is 5.66. The zero-order chi connectivity index (χ0) is 10.7. The van der Waals surface area contributed by atoms with Gasteiger partial charge in [-0.15, -0.1) is 11.6 Å². The second-order valence-corrected chi connectivity index (χ2v) is 4.97. The van der Waals surface area contributed by atoms with Gasteiger partial charge in [-0.2, -0.15) is 0 Å². The molecule has 0 spiro atoms. The van der Waals surface area contributed by atoms with Crippen LogP contribution in [0.1, 0.15) is 24.0 Å². The van der Waals surface area contributed by atoms with Gasteiger partial charge in [0, 0.05) is 18.5 Å². The summed E-state index contributed by atoms with van der Waals surface area (Å²) in [6, 6.07) is 8.48. The number of halogens is 1. The topological polar surface area (TPSA) is 12.0 Å². The van der Waals surface area contributed by atoms with Gasteiger partial charge in [-0.1, -0.05) is 24.3 Å². The molecule has 2 heteroatoms. The van der Waals surface area contributed by atoms with Crippen molar-refractivity contribution in [3.05, 3.63) is 35.4 Å². The number of hydrogen-bond acceptors (Lipinski definition) is 1. The highest BCUT2D eigenvalue weighted by molar-refractivity contribution is 6.21. The Morgan fingerprint density at radius 1 is 1.40 bits per heavy atom. The Morgan fingerprint density at radius 3 is 2.80 bits per heavy atom. The lowest BCUT2D eigenvalue weighted by atomic mass is 10.1. The molecule has 1 aromatic carbocycles. The Kier molecular flexibility index (Phi) is 3.66. The van der Waals surface area contributed by atoms with Crippen LogP contribution in [0.4, 0.5) is 0 Å². The Bertz CT molecular complexity index is 320. The molecule has 1 atom stereocenters. The lowest BCUT2D eigenvalue weighted by molar-refractivity contribution is 0.619. The minimum Gasteiger partial charge on any atom is -0.311 e. The van der Waals surface area contributed by atoms with E-state index in [9.17, 15) is 0 Å². The number of rotatable bonds is 5. The molecule has 1 nitrogen and oxygen atoms in total. The lowest BCUT2D eigenvalue weighted by Gasteiger charge is -2.10. The zero-order valence-corrected chi connectivity index (χ0v) is 9.93. The summed E-state index contributed by atoms with van der Waals surface area (Å²) in [7, 11) is 0. The average molecular weight is 224 g/mol. The number of nitrogens with one attached hydrogen (secondary N) is 1. The first kappa shape index (κ1) is 11.0. The van der Waals surface area contributed by atoms with E-state index in [1.54, 1.807) is 0 Å². The van der Waals surface area contributed by atoms with Crippen LogP contribution in [0.25, 0.3) is 0 Å². The van der Waals surface area contributed by atoms with E-state index in [0.29, 0.717) is 5.38 Å². The van der Waals surface area contributed by atoms with Crippen LogP contribution < -0.4 is 5.32 Å². The molecule has 0 heterocycles. The summed E-state index contributed by atoms with van der Waals surface area (Å²) in [6.45, 7) is 4.01. The summed E-state index contributed by atoms with van der Waals surface area (Å²) in [5.74, 6) is 0.774. The molecule has 0 aromatic heterocycles. The third-order valence-corrected chi connectivity index (χ3v) is 3.56. The zero-order valence-electron chi connectivity index (χ0n) is 9.17. The monoisotopic (exact) mass is 223 g/mol.